The van der Waals surface area contributed by atoms with Gasteiger partial charge in [-0.2, -0.15) is 4.31 Å². The molecule has 9 nitrogen and oxygen atoms in total. The molecule has 0 atom stereocenters. The summed E-state index contributed by atoms with van der Waals surface area (Å²) >= 11 is 0. The van der Waals surface area contributed by atoms with Crippen LogP contribution in [0.15, 0.2) is 82.6 Å². The van der Waals surface area contributed by atoms with Crippen LogP contribution in [0.3, 0.4) is 0 Å². The number of hydrogen-bond acceptors (Lipinski definition) is 5. The highest BCUT2D eigenvalue weighted by molar-refractivity contribution is 7.89. The zero-order valence-corrected chi connectivity index (χ0v) is 18.4. The molecule has 170 valence electrons. The number of sulfonamides is 1. The molecule has 1 N–H and O–H groups in total. The van der Waals surface area contributed by atoms with Crippen LogP contribution in [0.2, 0.25) is 0 Å². The number of benzene rings is 2. The molecule has 0 aliphatic heterocycles. The molecule has 0 fully saturated rings. The van der Waals surface area contributed by atoms with E-state index in [0.717, 1.165) is 34.1 Å². The summed E-state index contributed by atoms with van der Waals surface area (Å²) in [6, 6.07) is 16.5. The molecule has 11 heteroatoms. The summed E-state index contributed by atoms with van der Waals surface area (Å²) in [5.41, 5.74) is 1.41. The molecule has 4 aromatic rings. The molecule has 33 heavy (non-hydrogen) atoms. The number of amides is 1. The zero-order valence-electron chi connectivity index (χ0n) is 17.6. The van der Waals surface area contributed by atoms with E-state index in [2.05, 4.69) is 10.4 Å². The van der Waals surface area contributed by atoms with Crippen LogP contribution in [0.25, 0.3) is 5.65 Å². The number of likely N-dealkylation sites (N-methyl/N-ethyl adjacent to an activating group) is 1. The van der Waals surface area contributed by atoms with E-state index in [0.29, 0.717) is 11.3 Å². The minimum Gasteiger partial charge on any atom is -0.325 e. The van der Waals surface area contributed by atoms with Crippen molar-refractivity contribution in [3.05, 3.63) is 94.8 Å². The normalized spacial score (nSPS) is 11.7. The molecule has 2 aromatic carbocycles. The van der Waals surface area contributed by atoms with Gasteiger partial charge >= 0.3 is 5.69 Å². The van der Waals surface area contributed by atoms with Crippen LogP contribution in [-0.4, -0.2) is 46.4 Å². The van der Waals surface area contributed by atoms with E-state index in [1.807, 2.05) is 0 Å². The minimum atomic E-state index is -3.95. The first kappa shape index (κ1) is 22.4. The Morgan fingerprint density at radius 2 is 1.85 bits per heavy atom. The van der Waals surface area contributed by atoms with E-state index in [-0.39, 0.29) is 17.1 Å². The van der Waals surface area contributed by atoms with Gasteiger partial charge < -0.3 is 5.32 Å². The Labute approximate surface area is 188 Å². The number of hydrogen-bond donors (Lipinski definition) is 1. The smallest absolute Gasteiger partial charge is 0.325 e. The second-order valence-corrected chi connectivity index (χ2v) is 9.38. The average molecular weight is 469 g/mol. The van der Waals surface area contributed by atoms with E-state index in [1.54, 1.807) is 48.7 Å². The maximum atomic E-state index is 13.1. The largest absolute Gasteiger partial charge is 0.350 e. The van der Waals surface area contributed by atoms with Crippen LogP contribution in [0.1, 0.15) is 5.56 Å². The molecular formula is C22H20FN5O4S. The number of anilines is 1. The van der Waals surface area contributed by atoms with Crippen molar-refractivity contribution in [2.45, 2.75) is 11.4 Å². The van der Waals surface area contributed by atoms with E-state index in [9.17, 15) is 22.4 Å². The number of carbonyl (C=O) groups excluding carboxylic acids is 1. The fraction of sp³-hybridized carbons (Fsp3) is 0.136. The molecule has 4 rings (SSSR count). The Morgan fingerprint density at radius 1 is 1.09 bits per heavy atom. The van der Waals surface area contributed by atoms with Gasteiger partial charge in [0.15, 0.2) is 5.65 Å². The quantitative estimate of drug-likeness (QED) is 0.445. The molecule has 0 unspecified atom stereocenters. The first-order valence-corrected chi connectivity index (χ1v) is 11.3. The van der Waals surface area contributed by atoms with Gasteiger partial charge in [-0.1, -0.05) is 18.2 Å². The number of pyridine rings is 1. The number of carbonyl (C=O) groups is 1. The molecule has 0 saturated carbocycles. The van der Waals surface area contributed by atoms with Crippen LogP contribution in [-0.2, 0) is 21.4 Å². The monoisotopic (exact) mass is 469 g/mol. The van der Waals surface area contributed by atoms with Crippen molar-refractivity contribution < 1.29 is 17.6 Å². The Bertz CT molecular complexity index is 1480. The zero-order chi connectivity index (χ0) is 23.6. The highest BCUT2D eigenvalue weighted by atomic mass is 32.2. The lowest BCUT2D eigenvalue weighted by Crippen LogP contribution is -2.35. The lowest BCUT2D eigenvalue weighted by molar-refractivity contribution is -0.116. The molecule has 0 saturated heterocycles. The highest BCUT2D eigenvalue weighted by Crippen LogP contribution is 2.16. The first-order chi connectivity index (χ1) is 15.7. The Kier molecular flexibility index (Phi) is 6.07. The molecule has 2 aromatic heterocycles. The lowest BCUT2D eigenvalue weighted by atomic mass is 10.2. The second kappa shape index (κ2) is 8.96. The SMILES string of the molecule is CN(CC(=O)Nc1cccc(Cn2nc3ccccn3c2=O)c1)S(=O)(=O)c1ccc(F)cc1. The molecule has 0 aliphatic carbocycles. The van der Waals surface area contributed by atoms with E-state index >= 15 is 0 Å². The van der Waals surface area contributed by atoms with Gasteiger partial charge in [0.1, 0.15) is 5.82 Å². The first-order valence-electron chi connectivity index (χ1n) is 9.89. The summed E-state index contributed by atoms with van der Waals surface area (Å²) < 4.78 is 41.9. The predicted molar refractivity (Wildman–Crippen MR) is 120 cm³/mol. The van der Waals surface area contributed by atoms with Crippen LogP contribution in [0.4, 0.5) is 10.1 Å². The van der Waals surface area contributed by atoms with Crippen molar-refractivity contribution in [1.82, 2.24) is 18.5 Å². The van der Waals surface area contributed by atoms with Gasteiger partial charge in [-0.15, -0.1) is 5.10 Å². The number of rotatable bonds is 7. The molecule has 0 radical (unpaired) electrons. The standard InChI is InChI=1S/C22H20FN5O4S/c1-26(33(31,32)19-10-8-17(23)9-11-19)15-21(29)24-18-6-4-5-16(13-18)14-28-22(30)27-12-3-2-7-20(27)25-28/h2-13H,14-15H2,1H3,(H,24,29). The van der Waals surface area contributed by atoms with Crippen LogP contribution in [0, 0.1) is 5.82 Å². The number of halogens is 1. The highest BCUT2D eigenvalue weighted by Gasteiger charge is 2.23. The summed E-state index contributed by atoms with van der Waals surface area (Å²) in [5.74, 6) is -1.11. The number of nitrogens with one attached hydrogen (secondary N) is 1. The van der Waals surface area contributed by atoms with Gasteiger partial charge in [0.2, 0.25) is 15.9 Å². The molecule has 0 bridgehead atoms. The van der Waals surface area contributed by atoms with Crippen molar-refractivity contribution in [3.63, 3.8) is 0 Å². The second-order valence-electron chi connectivity index (χ2n) is 7.33. The molecule has 0 spiro atoms. The van der Waals surface area contributed by atoms with Crippen LogP contribution in [0.5, 0.6) is 0 Å². The summed E-state index contributed by atoms with van der Waals surface area (Å²) in [6.07, 6.45) is 1.63. The summed E-state index contributed by atoms with van der Waals surface area (Å²) in [6.45, 7) is -0.237. The lowest BCUT2D eigenvalue weighted by Gasteiger charge is -2.17. The summed E-state index contributed by atoms with van der Waals surface area (Å²) in [5, 5.41) is 6.94. The maximum Gasteiger partial charge on any atom is 0.350 e. The fourth-order valence-corrected chi connectivity index (χ4v) is 4.39. The predicted octanol–water partition coefficient (Wildman–Crippen LogP) is 1.94. The summed E-state index contributed by atoms with van der Waals surface area (Å²) in [4.78, 5) is 24.8. The Hall–Kier alpha value is -3.83. The minimum absolute atomic E-state index is 0.112. The van der Waals surface area contributed by atoms with Gasteiger partial charge in [-0.3, -0.25) is 9.20 Å². The summed E-state index contributed by atoms with van der Waals surface area (Å²) in [7, 11) is -2.68. The molecule has 2 heterocycles. The van der Waals surface area contributed by atoms with Gasteiger partial charge in [0.25, 0.3) is 0 Å². The van der Waals surface area contributed by atoms with Crippen molar-refractivity contribution >= 4 is 27.3 Å². The van der Waals surface area contributed by atoms with Gasteiger partial charge in [-0.05, 0) is 54.1 Å². The number of fused-ring (bicyclic) bond motifs is 1. The Balaban J connectivity index is 1.44. The van der Waals surface area contributed by atoms with Crippen molar-refractivity contribution in [2.24, 2.45) is 0 Å². The topological polar surface area (TPSA) is 106 Å². The van der Waals surface area contributed by atoms with E-state index in [4.69, 9.17) is 0 Å². The third-order valence-electron chi connectivity index (χ3n) is 4.92. The van der Waals surface area contributed by atoms with Gasteiger partial charge in [-0.25, -0.2) is 22.3 Å². The number of aromatic nitrogens is 3. The van der Waals surface area contributed by atoms with Crippen LogP contribution < -0.4 is 11.0 Å². The molecule has 0 aliphatic rings. The third-order valence-corrected chi connectivity index (χ3v) is 6.74. The van der Waals surface area contributed by atoms with E-state index in [1.165, 1.54) is 16.1 Å². The molecular weight excluding hydrogens is 449 g/mol. The van der Waals surface area contributed by atoms with Crippen LogP contribution >= 0.6 is 0 Å². The number of nitrogens with zero attached hydrogens (tertiary/aromatic N) is 4. The fourth-order valence-electron chi connectivity index (χ4n) is 3.27. The molecule has 1 amide bonds. The average Bonchev–Trinajstić information content (AvgIpc) is 3.09. The van der Waals surface area contributed by atoms with Gasteiger partial charge in [0.05, 0.1) is 18.0 Å². The Morgan fingerprint density at radius 3 is 2.58 bits per heavy atom. The maximum absolute atomic E-state index is 13.1. The van der Waals surface area contributed by atoms with E-state index < -0.39 is 28.3 Å². The van der Waals surface area contributed by atoms with Gasteiger partial charge in [0, 0.05) is 18.9 Å². The third kappa shape index (κ3) is 4.83. The van der Waals surface area contributed by atoms with Crippen molar-refractivity contribution in [3.8, 4) is 0 Å². The van der Waals surface area contributed by atoms with Crippen molar-refractivity contribution in [1.29, 1.82) is 0 Å². The van der Waals surface area contributed by atoms with Crippen molar-refractivity contribution in [2.75, 3.05) is 18.9 Å².